The van der Waals surface area contributed by atoms with E-state index >= 15 is 0 Å². The number of imidazole rings is 1. The number of fused-ring (bicyclic) bond motifs is 3. The van der Waals surface area contributed by atoms with Gasteiger partial charge < -0.3 is 16.0 Å². The first kappa shape index (κ1) is 18.6. The van der Waals surface area contributed by atoms with E-state index in [9.17, 15) is 13.6 Å². The summed E-state index contributed by atoms with van der Waals surface area (Å²) in [4.78, 5) is 18.0. The number of nitrogens with one attached hydrogen (secondary N) is 3. The predicted octanol–water partition coefficient (Wildman–Crippen LogP) is 3.96. The lowest BCUT2D eigenvalue weighted by atomic mass is 9.94. The normalized spacial score (nSPS) is 19.6. The second-order valence-electron chi connectivity index (χ2n) is 7.77. The number of amides is 1. The van der Waals surface area contributed by atoms with E-state index in [1.165, 1.54) is 24.3 Å². The molecule has 2 aliphatic rings. The fourth-order valence-electron chi connectivity index (χ4n) is 4.43. The molecule has 6 nitrogen and oxygen atoms in total. The lowest BCUT2D eigenvalue weighted by Crippen LogP contribution is -2.49. The van der Waals surface area contributed by atoms with Gasteiger partial charge in [0.15, 0.2) is 0 Å². The third-order valence-corrected chi connectivity index (χ3v) is 5.79. The maximum atomic E-state index is 14.2. The van der Waals surface area contributed by atoms with E-state index in [4.69, 9.17) is 0 Å². The van der Waals surface area contributed by atoms with Crippen LogP contribution in [0, 0.1) is 11.6 Å². The third-order valence-electron chi connectivity index (χ3n) is 5.79. The Balaban J connectivity index is 1.53. The van der Waals surface area contributed by atoms with Gasteiger partial charge in [0.2, 0.25) is 5.95 Å². The van der Waals surface area contributed by atoms with Crippen LogP contribution in [0.3, 0.4) is 0 Å². The Morgan fingerprint density at radius 3 is 2.34 bits per heavy atom. The number of hydrogen-bond acceptors (Lipinski definition) is 4. The number of halogens is 2. The molecule has 1 aromatic heterocycles. The predicted molar refractivity (Wildman–Crippen MR) is 115 cm³/mol. The van der Waals surface area contributed by atoms with Gasteiger partial charge in [0.05, 0.1) is 22.6 Å². The molecule has 0 bridgehead atoms. The molecular formula is C24H17F2N5O. The van der Waals surface area contributed by atoms with Gasteiger partial charge in [-0.1, -0.05) is 36.4 Å². The molecular weight excluding hydrogens is 412 g/mol. The van der Waals surface area contributed by atoms with Gasteiger partial charge in [-0.15, -0.1) is 0 Å². The molecule has 6 rings (SSSR count). The first-order valence-electron chi connectivity index (χ1n) is 10.1. The number of benzene rings is 3. The van der Waals surface area contributed by atoms with Crippen molar-refractivity contribution in [3.63, 3.8) is 0 Å². The minimum Gasteiger partial charge on any atom is -0.347 e. The highest BCUT2D eigenvalue weighted by molar-refractivity contribution is 5.99. The molecule has 158 valence electrons. The lowest BCUT2D eigenvalue weighted by molar-refractivity contribution is -0.119. The highest BCUT2D eigenvalue weighted by atomic mass is 19.1. The van der Waals surface area contributed by atoms with Crippen LogP contribution in [-0.4, -0.2) is 15.5 Å². The Kier molecular flexibility index (Phi) is 4.01. The summed E-state index contributed by atoms with van der Waals surface area (Å²) in [6, 6.07) is 19.2. The van der Waals surface area contributed by atoms with Crippen molar-refractivity contribution < 1.29 is 13.6 Å². The average Bonchev–Trinajstić information content (AvgIpc) is 3.15. The van der Waals surface area contributed by atoms with Crippen molar-refractivity contribution in [2.24, 2.45) is 0 Å². The number of aromatic nitrogens is 2. The molecule has 2 atom stereocenters. The molecule has 0 radical (unpaired) electrons. The van der Waals surface area contributed by atoms with Crippen LogP contribution in [0.2, 0.25) is 0 Å². The number of hydrogen-bond donors (Lipinski definition) is 3. The van der Waals surface area contributed by atoms with Gasteiger partial charge in [-0.2, -0.15) is 0 Å². The summed E-state index contributed by atoms with van der Waals surface area (Å²) in [5.41, 5.74) is 3.16. The van der Waals surface area contributed by atoms with Crippen molar-refractivity contribution >= 4 is 22.9 Å². The van der Waals surface area contributed by atoms with Gasteiger partial charge >= 0.3 is 0 Å². The third kappa shape index (κ3) is 2.84. The molecule has 3 heterocycles. The van der Waals surface area contributed by atoms with Gasteiger partial charge in [0.1, 0.15) is 23.6 Å². The van der Waals surface area contributed by atoms with Crippen molar-refractivity contribution in [1.29, 1.82) is 0 Å². The number of carbonyl (C=O) groups excluding carboxylic acids is 1. The van der Waals surface area contributed by atoms with E-state index in [1.54, 1.807) is 24.3 Å². The zero-order valence-corrected chi connectivity index (χ0v) is 16.6. The Morgan fingerprint density at radius 1 is 0.844 bits per heavy atom. The molecule has 0 spiro atoms. The van der Waals surface area contributed by atoms with E-state index in [0.29, 0.717) is 28.5 Å². The molecule has 0 aliphatic carbocycles. The zero-order chi connectivity index (χ0) is 21.8. The molecule has 0 saturated heterocycles. The molecule has 0 fully saturated rings. The van der Waals surface area contributed by atoms with Gasteiger partial charge in [-0.25, -0.2) is 13.8 Å². The van der Waals surface area contributed by atoms with Crippen LogP contribution < -0.4 is 16.0 Å². The summed E-state index contributed by atoms with van der Waals surface area (Å²) in [6.45, 7) is 0. The summed E-state index contributed by atoms with van der Waals surface area (Å²) >= 11 is 0. The van der Waals surface area contributed by atoms with Gasteiger partial charge in [-0.3, -0.25) is 9.36 Å². The number of nitrogens with zero attached hydrogens (tertiary/aromatic N) is 2. The van der Waals surface area contributed by atoms with Crippen LogP contribution in [0.4, 0.5) is 14.7 Å². The number of carbonyl (C=O) groups is 1. The number of para-hydroxylation sites is 2. The van der Waals surface area contributed by atoms with Crippen molar-refractivity contribution in [2.75, 3.05) is 5.32 Å². The van der Waals surface area contributed by atoms with Crippen LogP contribution in [0.15, 0.2) is 84.2 Å². The first-order chi connectivity index (χ1) is 15.6. The van der Waals surface area contributed by atoms with E-state index in [-0.39, 0.29) is 5.91 Å². The summed E-state index contributed by atoms with van der Waals surface area (Å²) in [7, 11) is 0. The maximum absolute atomic E-state index is 14.2. The van der Waals surface area contributed by atoms with Gasteiger partial charge in [0.25, 0.3) is 5.91 Å². The fraction of sp³-hybridized carbons (Fsp3) is 0.0833. The molecule has 4 aromatic rings. The molecule has 3 N–H and O–H groups in total. The topological polar surface area (TPSA) is 71.0 Å². The SMILES string of the molecule is O=C1NC(c2cccc(F)c2)NC2=C1C(c1cccc(F)c1)n1c(nc3ccccc31)N2. The monoisotopic (exact) mass is 429 g/mol. The highest BCUT2D eigenvalue weighted by Gasteiger charge is 2.39. The van der Waals surface area contributed by atoms with Crippen LogP contribution in [0.5, 0.6) is 0 Å². The van der Waals surface area contributed by atoms with E-state index in [2.05, 4.69) is 20.9 Å². The molecule has 1 amide bonds. The van der Waals surface area contributed by atoms with Crippen LogP contribution in [0.25, 0.3) is 11.0 Å². The van der Waals surface area contributed by atoms with E-state index in [1.807, 2.05) is 28.8 Å². The van der Waals surface area contributed by atoms with Crippen molar-refractivity contribution in [1.82, 2.24) is 20.2 Å². The van der Waals surface area contributed by atoms with Gasteiger partial charge in [-0.05, 0) is 47.5 Å². The van der Waals surface area contributed by atoms with Gasteiger partial charge in [0, 0.05) is 0 Å². The molecule has 3 aromatic carbocycles. The molecule has 2 unspecified atom stereocenters. The number of rotatable bonds is 2. The second kappa shape index (κ2) is 6.91. The van der Waals surface area contributed by atoms with E-state index < -0.39 is 23.8 Å². The quantitative estimate of drug-likeness (QED) is 0.451. The van der Waals surface area contributed by atoms with Crippen molar-refractivity contribution in [2.45, 2.75) is 12.2 Å². The maximum Gasteiger partial charge on any atom is 0.255 e. The fourth-order valence-corrected chi connectivity index (χ4v) is 4.43. The molecule has 32 heavy (non-hydrogen) atoms. The minimum absolute atomic E-state index is 0.335. The summed E-state index contributed by atoms with van der Waals surface area (Å²) in [5.74, 6) is -0.136. The second-order valence-corrected chi connectivity index (χ2v) is 7.77. The lowest BCUT2D eigenvalue weighted by Gasteiger charge is -2.37. The Bertz CT molecular complexity index is 1430. The highest BCUT2D eigenvalue weighted by Crippen LogP contribution is 2.40. The van der Waals surface area contributed by atoms with Crippen LogP contribution >= 0.6 is 0 Å². The Morgan fingerprint density at radius 2 is 1.56 bits per heavy atom. The standard InChI is InChI=1S/C24H17F2N5O/c25-15-7-3-5-13(11-15)20-19-22(30-24-27-17-9-1-2-10-18(17)31(20)24)28-21(29-23(19)32)14-6-4-8-16(26)12-14/h1-12,20-21,28H,(H,27,30)(H,29,32). The molecule has 0 saturated carbocycles. The van der Waals surface area contributed by atoms with Crippen molar-refractivity contribution in [3.8, 4) is 0 Å². The minimum atomic E-state index is -0.631. The largest absolute Gasteiger partial charge is 0.347 e. The Hall–Kier alpha value is -4.20. The first-order valence-corrected chi connectivity index (χ1v) is 10.1. The zero-order valence-electron chi connectivity index (χ0n) is 16.6. The van der Waals surface area contributed by atoms with Crippen LogP contribution in [-0.2, 0) is 4.79 Å². The summed E-state index contributed by atoms with van der Waals surface area (Å²) in [6.07, 6.45) is -0.631. The number of anilines is 1. The van der Waals surface area contributed by atoms with E-state index in [0.717, 1.165) is 11.0 Å². The smallest absolute Gasteiger partial charge is 0.255 e. The Labute approximate surface area is 181 Å². The van der Waals surface area contributed by atoms with Crippen LogP contribution in [0.1, 0.15) is 23.3 Å². The van der Waals surface area contributed by atoms with Crippen molar-refractivity contribution in [3.05, 3.63) is 107 Å². The average molecular weight is 429 g/mol. The molecule has 2 aliphatic heterocycles. The molecule has 8 heteroatoms. The summed E-state index contributed by atoms with van der Waals surface area (Å²) in [5, 5.41) is 9.37. The summed E-state index contributed by atoms with van der Waals surface area (Å²) < 4.78 is 29.8.